The van der Waals surface area contributed by atoms with Crippen LogP contribution < -0.4 is 10.9 Å². The van der Waals surface area contributed by atoms with Gasteiger partial charge < -0.3 is 10.1 Å². The number of anilines is 1. The number of methoxy groups -OCH3 is 1. The first-order valence-corrected chi connectivity index (χ1v) is 7.71. The Morgan fingerprint density at radius 2 is 1.92 bits per heavy atom. The number of aromatic nitrogens is 2. The lowest BCUT2D eigenvalue weighted by Crippen LogP contribution is -2.17. The molecule has 6 heteroatoms. The molecule has 0 unspecified atom stereocenters. The van der Waals surface area contributed by atoms with Gasteiger partial charge in [0, 0.05) is 42.4 Å². The Bertz CT molecular complexity index is 933. The molecule has 0 aliphatic rings. The van der Waals surface area contributed by atoms with E-state index in [9.17, 15) is 9.59 Å². The summed E-state index contributed by atoms with van der Waals surface area (Å²) in [4.78, 5) is 28.4. The Balaban J connectivity index is 1.80. The first-order chi connectivity index (χ1) is 12.2. The molecule has 3 rings (SSSR count). The van der Waals surface area contributed by atoms with E-state index in [1.54, 1.807) is 62.0 Å². The Morgan fingerprint density at radius 3 is 2.64 bits per heavy atom. The van der Waals surface area contributed by atoms with E-state index in [1.807, 2.05) is 6.07 Å². The molecule has 1 amide bonds. The van der Waals surface area contributed by atoms with Crippen molar-refractivity contribution in [2.75, 3.05) is 12.4 Å². The van der Waals surface area contributed by atoms with Gasteiger partial charge in [-0.1, -0.05) is 12.1 Å². The fourth-order valence-corrected chi connectivity index (χ4v) is 2.42. The predicted molar refractivity (Wildman–Crippen MR) is 94.9 cm³/mol. The number of nitrogens with one attached hydrogen (secondary N) is 1. The highest BCUT2D eigenvalue weighted by Crippen LogP contribution is 2.15. The van der Waals surface area contributed by atoms with Crippen LogP contribution >= 0.6 is 0 Å². The van der Waals surface area contributed by atoms with Crippen LogP contribution in [0.1, 0.15) is 15.9 Å². The topological polar surface area (TPSA) is 73.2 Å². The fraction of sp³-hybridized carbons (Fsp3) is 0.105. The average molecular weight is 335 g/mol. The number of pyridine rings is 2. The van der Waals surface area contributed by atoms with Crippen molar-refractivity contribution in [3.63, 3.8) is 0 Å². The smallest absolute Gasteiger partial charge is 0.256 e. The van der Waals surface area contributed by atoms with Crippen LogP contribution in [0.2, 0.25) is 0 Å². The van der Waals surface area contributed by atoms with Gasteiger partial charge in [-0.15, -0.1) is 0 Å². The number of ether oxygens (including phenoxy) is 1. The van der Waals surface area contributed by atoms with Crippen molar-refractivity contribution < 1.29 is 9.53 Å². The standard InChI is InChI=1S/C19H17N3O3/c1-25-13-15-5-4-11-20-18(15)21-19(24)14-7-9-16(10-8-14)22-12-3-2-6-17(22)23/h2-12H,13H2,1H3,(H,20,21,24). The summed E-state index contributed by atoms with van der Waals surface area (Å²) in [5.74, 6) is 0.195. The molecular weight excluding hydrogens is 318 g/mol. The summed E-state index contributed by atoms with van der Waals surface area (Å²) in [7, 11) is 1.59. The van der Waals surface area contributed by atoms with Crippen LogP contribution in [-0.2, 0) is 11.3 Å². The molecular formula is C19H17N3O3. The molecule has 1 N–H and O–H groups in total. The minimum atomic E-state index is -0.275. The molecule has 0 saturated heterocycles. The van der Waals surface area contributed by atoms with E-state index in [0.717, 1.165) is 5.56 Å². The van der Waals surface area contributed by atoms with Crippen LogP contribution in [-0.4, -0.2) is 22.6 Å². The van der Waals surface area contributed by atoms with Crippen molar-refractivity contribution in [3.05, 3.63) is 88.5 Å². The number of carbonyl (C=O) groups excluding carboxylic acids is 1. The molecule has 0 saturated carbocycles. The second-order valence-corrected chi connectivity index (χ2v) is 5.35. The summed E-state index contributed by atoms with van der Waals surface area (Å²) in [6, 6.07) is 15.4. The number of rotatable bonds is 5. The normalized spacial score (nSPS) is 10.4. The van der Waals surface area contributed by atoms with Crippen LogP contribution in [0.25, 0.3) is 5.69 Å². The third-order valence-corrected chi connectivity index (χ3v) is 3.65. The number of hydrogen-bond donors (Lipinski definition) is 1. The van der Waals surface area contributed by atoms with E-state index in [0.29, 0.717) is 23.7 Å². The zero-order valence-electron chi connectivity index (χ0n) is 13.7. The highest BCUT2D eigenvalue weighted by atomic mass is 16.5. The zero-order valence-corrected chi connectivity index (χ0v) is 13.7. The summed E-state index contributed by atoms with van der Waals surface area (Å²) < 4.78 is 6.62. The van der Waals surface area contributed by atoms with E-state index in [2.05, 4.69) is 10.3 Å². The lowest BCUT2D eigenvalue weighted by Gasteiger charge is -2.10. The van der Waals surface area contributed by atoms with Gasteiger partial charge in [-0.2, -0.15) is 0 Å². The molecule has 0 radical (unpaired) electrons. The van der Waals surface area contributed by atoms with Gasteiger partial charge in [0.2, 0.25) is 0 Å². The van der Waals surface area contributed by atoms with Gasteiger partial charge in [0.1, 0.15) is 5.82 Å². The van der Waals surface area contributed by atoms with Gasteiger partial charge in [-0.3, -0.25) is 14.2 Å². The Morgan fingerprint density at radius 1 is 1.12 bits per heavy atom. The first kappa shape index (κ1) is 16.6. The summed E-state index contributed by atoms with van der Waals surface area (Å²) in [6.07, 6.45) is 3.29. The maximum atomic E-state index is 12.4. The summed E-state index contributed by atoms with van der Waals surface area (Å²) >= 11 is 0. The van der Waals surface area contributed by atoms with E-state index < -0.39 is 0 Å². The van der Waals surface area contributed by atoms with Gasteiger partial charge in [0.15, 0.2) is 0 Å². The monoisotopic (exact) mass is 335 g/mol. The van der Waals surface area contributed by atoms with Crippen LogP contribution in [0, 0.1) is 0 Å². The molecule has 25 heavy (non-hydrogen) atoms. The minimum absolute atomic E-state index is 0.127. The van der Waals surface area contributed by atoms with E-state index in [4.69, 9.17) is 4.74 Å². The van der Waals surface area contributed by atoms with Crippen molar-refractivity contribution in [1.82, 2.24) is 9.55 Å². The third-order valence-electron chi connectivity index (χ3n) is 3.65. The second-order valence-electron chi connectivity index (χ2n) is 5.35. The molecule has 126 valence electrons. The molecule has 0 aliphatic carbocycles. The molecule has 2 heterocycles. The zero-order chi connectivity index (χ0) is 17.6. The van der Waals surface area contributed by atoms with Crippen LogP contribution in [0.3, 0.4) is 0 Å². The fourth-order valence-electron chi connectivity index (χ4n) is 2.42. The summed E-state index contributed by atoms with van der Waals surface area (Å²) in [5, 5.41) is 2.78. The van der Waals surface area contributed by atoms with Gasteiger partial charge in [0.05, 0.1) is 6.61 Å². The maximum absolute atomic E-state index is 12.4. The maximum Gasteiger partial charge on any atom is 0.256 e. The van der Waals surface area contributed by atoms with E-state index in [1.165, 1.54) is 10.6 Å². The Labute approximate surface area is 144 Å². The van der Waals surface area contributed by atoms with Crippen molar-refractivity contribution >= 4 is 11.7 Å². The van der Waals surface area contributed by atoms with Crippen LogP contribution in [0.5, 0.6) is 0 Å². The number of nitrogens with zero attached hydrogens (tertiary/aromatic N) is 2. The van der Waals surface area contributed by atoms with Gasteiger partial charge in [-0.25, -0.2) is 4.98 Å². The van der Waals surface area contributed by atoms with Crippen LogP contribution in [0.15, 0.2) is 71.8 Å². The lowest BCUT2D eigenvalue weighted by atomic mass is 10.2. The van der Waals surface area contributed by atoms with Gasteiger partial charge in [0.25, 0.3) is 11.5 Å². The quantitative estimate of drug-likeness (QED) is 0.778. The van der Waals surface area contributed by atoms with E-state index >= 15 is 0 Å². The molecule has 0 bridgehead atoms. The van der Waals surface area contributed by atoms with Crippen molar-refractivity contribution in [3.8, 4) is 5.69 Å². The van der Waals surface area contributed by atoms with Gasteiger partial charge in [-0.05, 0) is 36.4 Å². The summed E-state index contributed by atoms with van der Waals surface area (Å²) in [5.41, 5.74) is 1.84. The first-order valence-electron chi connectivity index (χ1n) is 7.71. The summed E-state index contributed by atoms with van der Waals surface area (Å²) in [6.45, 7) is 0.360. The SMILES string of the molecule is COCc1cccnc1NC(=O)c1ccc(-n2ccccc2=O)cc1. The highest BCUT2D eigenvalue weighted by Gasteiger charge is 2.10. The molecule has 3 aromatic rings. The molecule has 2 aromatic heterocycles. The largest absolute Gasteiger partial charge is 0.380 e. The number of hydrogen-bond acceptors (Lipinski definition) is 4. The molecule has 1 aromatic carbocycles. The average Bonchev–Trinajstić information content (AvgIpc) is 2.64. The molecule has 6 nitrogen and oxygen atoms in total. The number of carbonyl (C=O) groups is 1. The van der Waals surface area contributed by atoms with E-state index in [-0.39, 0.29) is 11.5 Å². The Hall–Kier alpha value is -3.25. The van der Waals surface area contributed by atoms with Crippen LogP contribution in [0.4, 0.5) is 5.82 Å². The molecule has 0 fully saturated rings. The van der Waals surface area contributed by atoms with Crippen molar-refractivity contribution in [2.45, 2.75) is 6.61 Å². The number of amides is 1. The predicted octanol–water partition coefficient (Wildman–Crippen LogP) is 2.63. The second kappa shape index (κ2) is 7.55. The molecule has 0 spiro atoms. The van der Waals surface area contributed by atoms with Gasteiger partial charge >= 0.3 is 0 Å². The lowest BCUT2D eigenvalue weighted by molar-refractivity contribution is 0.102. The molecule has 0 aliphatic heterocycles. The third kappa shape index (κ3) is 3.81. The number of benzene rings is 1. The highest BCUT2D eigenvalue weighted by molar-refractivity contribution is 6.04. The van der Waals surface area contributed by atoms with Crippen molar-refractivity contribution in [1.29, 1.82) is 0 Å². The van der Waals surface area contributed by atoms with Crippen molar-refractivity contribution in [2.24, 2.45) is 0 Å². The molecule has 0 atom stereocenters. The minimum Gasteiger partial charge on any atom is -0.380 e. The Kier molecular flexibility index (Phi) is 5.01.